The molecule has 84 valence electrons. The molecule has 17 heavy (non-hydrogen) atoms. The van der Waals surface area contributed by atoms with Crippen molar-refractivity contribution < 1.29 is 4.42 Å². The van der Waals surface area contributed by atoms with Gasteiger partial charge in [-0.3, -0.25) is 0 Å². The van der Waals surface area contributed by atoms with E-state index in [1.807, 2.05) is 37.3 Å². The summed E-state index contributed by atoms with van der Waals surface area (Å²) in [5.41, 5.74) is 8.25. The van der Waals surface area contributed by atoms with Crippen LogP contribution in [-0.4, -0.2) is 15.0 Å². The number of aromatic nitrogens is 3. The van der Waals surface area contributed by atoms with Gasteiger partial charge >= 0.3 is 0 Å². The van der Waals surface area contributed by atoms with Crippen molar-refractivity contribution in [2.24, 2.45) is 0 Å². The van der Waals surface area contributed by atoms with Gasteiger partial charge in [0.2, 0.25) is 17.5 Å². The maximum atomic E-state index is 5.65. The Bertz CT molecular complexity index is 676. The van der Waals surface area contributed by atoms with E-state index in [2.05, 4.69) is 15.0 Å². The SMILES string of the molecule is Cc1nc(N)nc2nc(-c3ccccc3)oc12. The van der Waals surface area contributed by atoms with Crippen LogP contribution in [0.3, 0.4) is 0 Å². The van der Waals surface area contributed by atoms with Gasteiger partial charge in [-0.05, 0) is 19.1 Å². The van der Waals surface area contributed by atoms with Crippen molar-refractivity contribution in [2.45, 2.75) is 6.92 Å². The van der Waals surface area contributed by atoms with E-state index >= 15 is 0 Å². The quantitative estimate of drug-likeness (QED) is 0.688. The minimum atomic E-state index is 0.211. The minimum Gasteiger partial charge on any atom is -0.432 e. The molecule has 1 aromatic carbocycles. The van der Waals surface area contributed by atoms with E-state index in [4.69, 9.17) is 10.2 Å². The van der Waals surface area contributed by atoms with Crippen molar-refractivity contribution >= 4 is 17.2 Å². The number of aryl methyl sites for hydroxylation is 1. The first-order valence-corrected chi connectivity index (χ1v) is 5.20. The first-order valence-electron chi connectivity index (χ1n) is 5.20. The van der Waals surface area contributed by atoms with Crippen LogP contribution in [0.15, 0.2) is 34.7 Å². The highest BCUT2D eigenvalue weighted by Crippen LogP contribution is 2.24. The standard InChI is InChI=1S/C12H10N4O/c1-7-9-10(16-12(13)14-7)15-11(17-9)8-5-3-2-4-6-8/h2-6H,1H3,(H2,13,14,16). The second-order valence-corrected chi connectivity index (χ2v) is 3.70. The second kappa shape index (κ2) is 3.55. The normalized spacial score (nSPS) is 10.9. The van der Waals surface area contributed by atoms with Crippen molar-refractivity contribution in [3.8, 4) is 11.5 Å². The molecule has 0 aliphatic carbocycles. The summed E-state index contributed by atoms with van der Waals surface area (Å²) in [6.07, 6.45) is 0. The van der Waals surface area contributed by atoms with Crippen LogP contribution in [0.1, 0.15) is 5.69 Å². The number of nitrogens with zero attached hydrogens (tertiary/aromatic N) is 3. The van der Waals surface area contributed by atoms with Gasteiger partial charge in [-0.15, -0.1) is 0 Å². The van der Waals surface area contributed by atoms with Gasteiger partial charge in [0.05, 0.1) is 5.69 Å². The molecule has 0 bridgehead atoms. The molecule has 0 amide bonds. The molecule has 2 heterocycles. The molecule has 3 rings (SSSR count). The van der Waals surface area contributed by atoms with Crippen LogP contribution in [0.5, 0.6) is 0 Å². The molecule has 0 aliphatic heterocycles. The first kappa shape index (κ1) is 9.77. The molecule has 0 saturated carbocycles. The van der Waals surface area contributed by atoms with E-state index in [-0.39, 0.29) is 5.95 Å². The fourth-order valence-electron chi connectivity index (χ4n) is 1.68. The molecular weight excluding hydrogens is 216 g/mol. The molecule has 0 radical (unpaired) electrons. The lowest BCUT2D eigenvalue weighted by molar-refractivity contribution is 0.615. The zero-order chi connectivity index (χ0) is 11.8. The Morgan fingerprint density at radius 3 is 2.59 bits per heavy atom. The summed E-state index contributed by atoms with van der Waals surface area (Å²) >= 11 is 0. The molecule has 0 unspecified atom stereocenters. The van der Waals surface area contributed by atoms with Crippen LogP contribution < -0.4 is 5.73 Å². The Kier molecular flexibility index (Phi) is 2.04. The van der Waals surface area contributed by atoms with Crippen molar-refractivity contribution in [3.05, 3.63) is 36.0 Å². The third-order valence-electron chi connectivity index (χ3n) is 2.46. The Hall–Kier alpha value is -2.43. The van der Waals surface area contributed by atoms with E-state index < -0.39 is 0 Å². The monoisotopic (exact) mass is 226 g/mol. The maximum Gasteiger partial charge on any atom is 0.228 e. The summed E-state index contributed by atoms with van der Waals surface area (Å²) in [7, 11) is 0. The number of nitrogens with two attached hydrogens (primary N) is 1. The lowest BCUT2D eigenvalue weighted by Gasteiger charge is -1.93. The lowest BCUT2D eigenvalue weighted by Crippen LogP contribution is -1.96. The van der Waals surface area contributed by atoms with Gasteiger partial charge in [0.15, 0.2) is 5.58 Å². The number of benzene rings is 1. The van der Waals surface area contributed by atoms with E-state index in [1.165, 1.54) is 0 Å². The molecule has 0 aliphatic rings. The van der Waals surface area contributed by atoms with Gasteiger partial charge in [-0.1, -0.05) is 18.2 Å². The Labute approximate surface area is 97.3 Å². The van der Waals surface area contributed by atoms with E-state index in [0.29, 0.717) is 22.8 Å². The number of hydrogen-bond acceptors (Lipinski definition) is 5. The zero-order valence-electron chi connectivity index (χ0n) is 9.21. The van der Waals surface area contributed by atoms with Gasteiger partial charge in [-0.2, -0.15) is 9.97 Å². The van der Waals surface area contributed by atoms with Crippen molar-refractivity contribution in [1.29, 1.82) is 0 Å². The largest absolute Gasteiger partial charge is 0.432 e. The van der Waals surface area contributed by atoms with Crippen LogP contribution in [0.25, 0.3) is 22.7 Å². The van der Waals surface area contributed by atoms with Crippen molar-refractivity contribution in [2.75, 3.05) is 5.73 Å². The van der Waals surface area contributed by atoms with Gasteiger partial charge in [0, 0.05) is 5.56 Å². The topological polar surface area (TPSA) is 77.8 Å². The summed E-state index contributed by atoms with van der Waals surface area (Å²) in [5.74, 6) is 0.742. The van der Waals surface area contributed by atoms with E-state index in [1.54, 1.807) is 0 Å². The number of rotatable bonds is 1. The Balaban J connectivity index is 2.24. The molecule has 5 nitrogen and oxygen atoms in total. The highest BCUT2D eigenvalue weighted by molar-refractivity contribution is 5.75. The fourth-order valence-corrected chi connectivity index (χ4v) is 1.68. The molecule has 2 N–H and O–H groups in total. The minimum absolute atomic E-state index is 0.211. The number of fused-ring (bicyclic) bond motifs is 1. The fraction of sp³-hybridized carbons (Fsp3) is 0.0833. The third-order valence-corrected chi connectivity index (χ3v) is 2.46. The summed E-state index contributed by atoms with van der Waals surface area (Å²) in [6.45, 7) is 1.82. The van der Waals surface area contributed by atoms with E-state index in [9.17, 15) is 0 Å². The predicted octanol–water partition coefficient (Wildman–Crippen LogP) is 2.18. The highest BCUT2D eigenvalue weighted by Gasteiger charge is 2.12. The average molecular weight is 226 g/mol. The van der Waals surface area contributed by atoms with Crippen LogP contribution in [0, 0.1) is 6.92 Å². The summed E-state index contributed by atoms with van der Waals surface area (Å²) < 4.78 is 5.65. The van der Waals surface area contributed by atoms with Gasteiger partial charge in [-0.25, -0.2) is 4.98 Å². The molecule has 5 heteroatoms. The molecule has 0 fully saturated rings. The molecule has 0 spiro atoms. The second-order valence-electron chi connectivity index (χ2n) is 3.70. The van der Waals surface area contributed by atoms with Gasteiger partial charge in [0.25, 0.3) is 0 Å². The van der Waals surface area contributed by atoms with Gasteiger partial charge in [0.1, 0.15) is 0 Å². The van der Waals surface area contributed by atoms with Crippen molar-refractivity contribution in [1.82, 2.24) is 15.0 Å². The van der Waals surface area contributed by atoms with Crippen LogP contribution in [0.2, 0.25) is 0 Å². The average Bonchev–Trinajstić information content (AvgIpc) is 2.74. The smallest absolute Gasteiger partial charge is 0.228 e. The molecule has 3 aromatic rings. The van der Waals surface area contributed by atoms with Crippen LogP contribution in [0.4, 0.5) is 5.95 Å². The Morgan fingerprint density at radius 2 is 1.82 bits per heavy atom. The van der Waals surface area contributed by atoms with Gasteiger partial charge < -0.3 is 10.2 Å². The predicted molar refractivity (Wildman–Crippen MR) is 64.2 cm³/mol. The number of anilines is 1. The third kappa shape index (κ3) is 1.61. The summed E-state index contributed by atoms with van der Waals surface area (Å²) in [6, 6.07) is 9.65. The van der Waals surface area contributed by atoms with Crippen LogP contribution >= 0.6 is 0 Å². The molecular formula is C12H10N4O. The summed E-state index contributed by atoms with van der Waals surface area (Å²) in [4.78, 5) is 12.4. The number of oxazole rings is 1. The van der Waals surface area contributed by atoms with Crippen LogP contribution in [-0.2, 0) is 0 Å². The summed E-state index contributed by atoms with van der Waals surface area (Å²) in [5, 5.41) is 0. The number of nitrogen functional groups attached to an aromatic ring is 1. The highest BCUT2D eigenvalue weighted by atomic mass is 16.3. The molecule has 0 atom stereocenters. The first-order chi connectivity index (χ1) is 8.24. The molecule has 2 aromatic heterocycles. The molecule has 0 saturated heterocycles. The Morgan fingerprint density at radius 1 is 1.06 bits per heavy atom. The lowest BCUT2D eigenvalue weighted by atomic mass is 10.2. The maximum absolute atomic E-state index is 5.65. The number of hydrogen-bond donors (Lipinski definition) is 1. The van der Waals surface area contributed by atoms with E-state index in [0.717, 1.165) is 5.56 Å². The van der Waals surface area contributed by atoms with Crippen molar-refractivity contribution in [3.63, 3.8) is 0 Å². The zero-order valence-corrected chi connectivity index (χ0v) is 9.21.